The minimum absolute atomic E-state index is 0. The van der Waals surface area contributed by atoms with Gasteiger partial charge in [-0.05, 0) is 68.9 Å². The number of halogens is 3. The van der Waals surface area contributed by atoms with E-state index < -0.39 is 0 Å². The van der Waals surface area contributed by atoms with Gasteiger partial charge in [0.1, 0.15) is 5.82 Å². The van der Waals surface area contributed by atoms with Crippen LogP contribution in [0, 0.1) is 17.7 Å². The number of rotatable bonds is 6. The van der Waals surface area contributed by atoms with Crippen molar-refractivity contribution >= 4 is 30.7 Å². The third-order valence-corrected chi connectivity index (χ3v) is 5.19. The Hall–Kier alpha value is -0.880. The molecule has 1 aromatic carbocycles. The van der Waals surface area contributed by atoms with Crippen LogP contribution in [0.5, 0.6) is 0 Å². The molecule has 0 aliphatic carbocycles. The molecule has 1 amide bonds. The van der Waals surface area contributed by atoms with Crippen LogP contribution in [0.1, 0.15) is 31.2 Å². The van der Waals surface area contributed by atoms with Crippen molar-refractivity contribution in [3.63, 3.8) is 0 Å². The van der Waals surface area contributed by atoms with Crippen LogP contribution in [-0.2, 0) is 11.3 Å². The van der Waals surface area contributed by atoms with E-state index in [2.05, 4.69) is 15.5 Å². The van der Waals surface area contributed by atoms with E-state index in [1.54, 1.807) is 12.1 Å². The van der Waals surface area contributed by atoms with Gasteiger partial charge in [0.15, 0.2) is 0 Å². The van der Waals surface area contributed by atoms with Gasteiger partial charge in [0.25, 0.3) is 0 Å². The predicted octanol–water partition coefficient (Wildman–Crippen LogP) is 3.00. The van der Waals surface area contributed by atoms with E-state index in [4.69, 9.17) is 0 Å². The maximum atomic E-state index is 13.3. The van der Waals surface area contributed by atoms with Crippen LogP contribution in [0.2, 0.25) is 0 Å². The molecular formula is C19H30Cl2FN3O. The van der Waals surface area contributed by atoms with Crippen LogP contribution in [0.25, 0.3) is 0 Å². The fraction of sp³-hybridized carbons (Fsp3) is 0.632. The number of hydrogen-bond donors (Lipinski definition) is 2. The zero-order chi connectivity index (χ0) is 16.8. The Labute approximate surface area is 168 Å². The molecule has 26 heavy (non-hydrogen) atoms. The molecule has 7 heteroatoms. The number of piperidine rings is 1. The molecule has 3 rings (SSSR count). The molecule has 2 saturated heterocycles. The molecule has 0 bridgehead atoms. The van der Waals surface area contributed by atoms with Crippen molar-refractivity contribution in [2.45, 2.75) is 32.2 Å². The summed E-state index contributed by atoms with van der Waals surface area (Å²) < 4.78 is 13.3. The molecule has 2 unspecified atom stereocenters. The summed E-state index contributed by atoms with van der Waals surface area (Å²) in [6, 6.07) is 6.74. The Morgan fingerprint density at radius 2 is 2.15 bits per heavy atom. The minimum Gasteiger partial charge on any atom is -0.356 e. The molecule has 2 fully saturated rings. The zero-order valence-corrected chi connectivity index (χ0v) is 16.7. The van der Waals surface area contributed by atoms with E-state index in [1.807, 2.05) is 6.07 Å². The first-order valence-corrected chi connectivity index (χ1v) is 9.16. The van der Waals surface area contributed by atoms with Gasteiger partial charge in [-0.2, -0.15) is 0 Å². The highest BCUT2D eigenvalue weighted by Crippen LogP contribution is 2.19. The van der Waals surface area contributed by atoms with E-state index in [0.29, 0.717) is 5.92 Å². The van der Waals surface area contributed by atoms with Gasteiger partial charge in [-0.3, -0.25) is 9.69 Å². The number of nitrogens with zero attached hydrogens (tertiary/aromatic N) is 1. The molecule has 2 atom stereocenters. The normalized spacial score (nSPS) is 23.0. The largest absolute Gasteiger partial charge is 0.356 e. The third-order valence-electron chi connectivity index (χ3n) is 5.19. The van der Waals surface area contributed by atoms with Crippen LogP contribution < -0.4 is 10.6 Å². The summed E-state index contributed by atoms with van der Waals surface area (Å²) in [5.74, 6) is 0.764. The number of hydrogen-bond acceptors (Lipinski definition) is 3. The summed E-state index contributed by atoms with van der Waals surface area (Å²) in [4.78, 5) is 14.7. The van der Waals surface area contributed by atoms with Crippen molar-refractivity contribution < 1.29 is 9.18 Å². The molecule has 1 aromatic rings. The van der Waals surface area contributed by atoms with Crippen LogP contribution in [0.4, 0.5) is 4.39 Å². The molecule has 0 saturated carbocycles. The lowest BCUT2D eigenvalue weighted by Gasteiger charge is -2.32. The molecule has 2 aliphatic heterocycles. The first-order valence-electron chi connectivity index (χ1n) is 9.16. The monoisotopic (exact) mass is 405 g/mol. The van der Waals surface area contributed by atoms with Crippen molar-refractivity contribution in [3.8, 4) is 0 Å². The number of benzene rings is 1. The van der Waals surface area contributed by atoms with E-state index in [-0.39, 0.29) is 42.5 Å². The highest BCUT2D eigenvalue weighted by atomic mass is 35.5. The smallest absolute Gasteiger partial charge is 0.224 e. The third kappa shape index (κ3) is 7.03. The zero-order valence-electron chi connectivity index (χ0n) is 15.1. The molecule has 4 nitrogen and oxygen atoms in total. The Morgan fingerprint density at radius 3 is 2.88 bits per heavy atom. The average molecular weight is 406 g/mol. The topological polar surface area (TPSA) is 44.4 Å². The first-order chi connectivity index (χ1) is 11.7. The predicted molar refractivity (Wildman–Crippen MR) is 108 cm³/mol. The van der Waals surface area contributed by atoms with Crippen LogP contribution in [0.15, 0.2) is 24.3 Å². The number of nitrogens with one attached hydrogen (secondary N) is 2. The molecule has 2 heterocycles. The second-order valence-corrected chi connectivity index (χ2v) is 7.14. The molecule has 0 spiro atoms. The summed E-state index contributed by atoms with van der Waals surface area (Å²) >= 11 is 0. The number of carbonyl (C=O) groups is 1. The van der Waals surface area contributed by atoms with Gasteiger partial charge in [0.2, 0.25) is 5.91 Å². The SMILES string of the molecule is Cl.Cl.O=C(NCCC1CCNC1)C1CCCN(Cc2cccc(F)c2)C1. The summed E-state index contributed by atoms with van der Waals surface area (Å²) in [5.41, 5.74) is 0.977. The van der Waals surface area contributed by atoms with Crippen molar-refractivity contribution in [3.05, 3.63) is 35.6 Å². The minimum atomic E-state index is -0.194. The van der Waals surface area contributed by atoms with Crippen molar-refractivity contribution in [1.29, 1.82) is 0 Å². The molecule has 0 radical (unpaired) electrons. The fourth-order valence-corrected chi connectivity index (χ4v) is 3.81. The van der Waals surface area contributed by atoms with E-state index in [1.165, 1.54) is 12.5 Å². The lowest BCUT2D eigenvalue weighted by atomic mass is 9.96. The Balaban J connectivity index is 0.00000169. The van der Waals surface area contributed by atoms with Gasteiger partial charge >= 0.3 is 0 Å². The Bertz CT molecular complexity index is 555. The van der Waals surface area contributed by atoms with Gasteiger partial charge in [-0.1, -0.05) is 12.1 Å². The number of likely N-dealkylation sites (tertiary alicyclic amines) is 1. The number of carbonyl (C=O) groups excluding carboxylic acids is 1. The van der Waals surface area contributed by atoms with E-state index >= 15 is 0 Å². The Kier molecular flexibility index (Phi) is 10.5. The Morgan fingerprint density at radius 1 is 1.31 bits per heavy atom. The average Bonchev–Trinajstić information content (AvgIpc) is 3.08. The van der Waals surface area contributed by atoms with Crippen LogP contribution in [0.3, 0.4) is 0 Å². The molecule has 0 aromatic heterocycles. The summed E-state index contributed by atoms with van der Waals surface area (Å²) in [6.07, 6.45) is 4.27. The maximum Gasteiger partial charge on any atom is 0.224 e. The lowest BCUT2D eigenvalue weighted by molar-refractivity contribution is -0.126. The van der Waals surface area contributed by atoms with Gasteiger partial charge in [-0.25, -0.2) is 4.39 Å². The maximum absolute atomic E-state index is 13.3. The highest BCUT2D eigenvalue weighted by molar-refractivity contribution is 5.85. The lowest BCUT2D eigenvalue weighted by Crippen LogP contribution is -2.43. The standard InChI is InChI=1S/C19H28FN3O.2ClH/c20-18-5-1-3-16(11-18)13-23-10-2-4-17(14-23)19(24)22-9-7-15-6-8-21-12-15;;/h1,3,5,11,15,17,21H,2,4,6-10,12-14H2,(H,22,24);2*1H. The summed E-state index contributed by atoms with van der Waals surface area (Å²) in [5, 5.41) is 6.48. The first kappa shape index (κ1) is 23.2. The summed E-state index contributed by atoms with van der Waals surface area (Å²) in [7, 11) is 0. The fourth-order valence-electron chi connectivity index (χ4n) is 3.81. The molecular weight excluding hydrogens is 376 g/mol. The van der Waals surface area contributed by atoms with Crippen molar-refractivity contribution in [2.24, 2.45) is 11.8 Å². The number of amides is 1. The summed E-state index contributed by atoms with van der Waals surface area (Å²) in [6.45, 7) is 5.44. The molecule has 2 aliphatic rings. The van der Waals surface area contributed by atoms with E-state index in [9.17, 15) is 9.18 Å². The van der Waals surface area contributed by atoms with Gasteiger partial charge in [0, 0.05) is 19.6 Å². The van der Waals surface area contributed by atoms with Gasteiger partial charge in [-0.15, -0.1) is 24.8 Å². The van der Waals surface area contributed by atoms with Gasteiger partial charge < -0.3 is 10.6 Å². The van der Waals surface area contributed by atoms with Crippen molar-refractivity contribution in [2.75, 3.05) is 32.7 Å². The van der Waals surface area contributed by atoms with E-state index in [0.717, 1.165) is 64.1 Å². The van der Waals surface area contributed by atoms with Gasteiger partial charge in [0.05, 0.1) is 5.92 Å². The quantitative estimate of drug-likeness (QED) is 0.764. The van der Waals surface area contributed by atoms with Crippen molar-refractivity contribution in [1.82, 2.24) is 15.5 Å². The molecule has 2 N–H and O–H groups in total. The highest BCUT2D eigenvalue weighted by Gasteiger charge is 2.26. The second kappa shape index (κ2) is 11.8. The second-order valence-electron chi connectivity index (χ2n) is 7.14. The van der Waals surface area contributed by atoms with Crippen LogP contribution in [-0.4, -0.2) is 43.5 Å². The van der Waals surface area contributed by atoms with Crippen LogP contribution >= 0.6 is 24.8 Å². The molecule has 148 valence electrons.